The summed E-state index contributed by atoms with van der Waals surface area (Å²) in [6.07, 6.45) is 1.03. The van der Waals surface area contributed by atoms with Crippen molar-refractivity contribution in [2.24, 2.45) is 4.99 Å². The quantitative estimate of drug-likeness (QED) is 0.699. The molecule has 1 N–H and O–H groups in total. The van der Waals surface area contributed by atoms with Crippen LogP contribution in [0.25, 0.3) is 0 Å². The molecular formula is C23H27N3O3S. The van der Waals surface area contributed by atoms with E-state index in [2.05, 4.69) is 10.3 Å². The smallest absolute Gasteiger partial charge is 0.242 e. The molecule has 1 aliphatic heterocycles. The standard InChI is InChI=1S/C23H27N3O3S/c1-5-12-29-19-10-8-17(9-11-19)24-21(27)14-20-22(28)26(4)23(30-20)25-18-7-6-15(2)16(3)13-18/h6-11,13,20H,5,12,14H2,1-4H3,(H,24,27)/t20-/m1/s1. The molecule has 1 aliphatic rings. The summed E-state index contributed by atoms with van der Waals surface area (Å²) in [5, 5.41) is 2.98. The number of benzene rings is 2. The highest BCUT2D eigenvalue weighted by Crippen LogP contribution is 2.31. The number of hydrogen-bond acceptors (Lipinski definition) is 5. The zero-order valence-electron chi connectivity index (χ0n) is 17.8. The molecular weight excluding hydrogens is 398 g/mol. The zero-order chi connectivity index (χ0) is 21.7. The van der Waals surface area contributed by atoms with Crippen LogP contribution in [0.15, 0.2) is 47.5 Å². The maximum atomic E-state index is 12.6. The monoisotopic (exact) mass is 425 g/mol. The number of nitrogens with zero attached hydrogens (tertiary/aromatic N) is 2. The minimum Gasteiger partial charge on any atom is -0.494 e. The summed E-state index contributed by atoms with van der Waals surface area (Å²) in [7, 11) is 1.70. The van der Waals surface area contributed by atoms with Gasteiger partial charge in [0.2, 0.25) is 11.8 Å². The maximum Gasteiger partial charge on any atom is 0.242 e. The highest BCUT2D eigenvalue weighted by atomic mass is 32.2. The molecule has 158 valence electrons. The zero-order valence-corrected chi connectivity index (χ0v) is 18.6. The number of carbonyl (C=O) groups excluding carboxylic acids is 2. The summed E-state index contributed by atoms with van der Waals surface area (Å²) in [5.74, 6) is 0.454. The normalized spacial score (nSPS) is 17.5. The van der Waals surface area contributed by atoms with Gasteiger partial charge in [0.15, 0.2) is 5.17 Å². The Balaban J connectivity index is 1.61. The van der Waals surface area contributed by atoms with Crippen LogP contribution in [0.4, 0.5) is 11.4 Å². The van der Waals surface area contributed by atoms with Gasteiger partial charge in [-0.05, 0) is 67.8 Å². The molecule has 0 aromatic heterocycles. The van der Waals surface area contributed by atoms with E-state index >= 15 is 0 Å². The predicted molar refractivity (Wildman–Crippen MR) is 123 cm³/mol. The highest BCUT2D eigenvalue weighted by molar-refractivity contribution is 8.15. The molecule has 1 fully saturated rings. The lowest BCUT2D eigenvalue weighted by molar-refractivity contribution is -0.127. The highest BCUT2D eigenvalue weighted by Gasteiger charge is 2.37. The number of ether oxygens (including phenoxy) is 1. The molecule has 3 rings (SSSR count). The third kappa shape index (κ3) is 5.42. The molecule has 2 aromatic rings. The summed E-state index contributed by atoms with van der Waals surface area (Å²) in [6.45, 7) is 6.79. The molecule has 1 saturated heterocycles. The van der Waals surface area contributed by atoms with Gasteiger partial charge in [-0.15, -0.1) is 0 Å². The summed E-state index contributed by atoms with van der Waals surface area (Å²) in [5.41, 5.74) is 3.82. The number of amidine groups is 1. The van der Waals surface area contributed by atoms with Gasteiger partial charge in [-0.1, -0.05) is 24.8 Å². The van der Waals surface area contributed by atoms with Gasteiger partial charge >= 0.3 is 0 Å². The molecule has 1 heterocycles. The number of anilines is 1. The number of hydrogen-bond donors (Lipinski definition) is 1. The molecule has 7 heteroatoms. The van der Waals surface area contributed by atoms with Crippen molar-refractivity contribution in [2.75, 3.05) is 19.0 Å². The second-order valence-corrected chi connectivity index (χ2v) is 8.46. The Morgan fingerprint density at radius 3 is 2.57 bits per heavy atom. The first-order chi connectivity index (χ1) is 14.4. The Bertz CT molecular complexity index is 957. The van der Waals surface area contributed by atoms with Crippen LogP contribution in [0.2, 0.25) is 0 Å². The first kappa shape index (κ1) is 21.9. The Morgan fingerprint density at radius 1 is 1.17 bits per heavy atom. The van der Waals surface area contributed by atoms with Gasteiger partial charge < -0.3 is 10.1 Å². The van der Waals surface area contributed by atoms with Crippen LogP contribution < -0.4 is 10.1 Å². The van der Waals surface area contributed by atoms with Crippen molar-refractivity contribution in [3.8, 4) is 5.75 Å². The summed E-state index contributed by atoms with van der Waals surface area (Å²) >= 11 is 1.33. The fourth-order valence-corrected chi connectivity index (χ4v) is 4.09. The number of carbonyl (C=O) groups is 2. The van der Waals surface area contributed by atoms with Crippen LogP contribution >= 0.6 is 11.8 Å². The number of aliphatic imine (C=N–C) groups is 1. The fraction of sp³-hybridized carbons (Fsp3) is 0.348. The SMILES string of the molecule is CCCOc1ccc(NC(=O)C[C@H]2SC(=Nc3ccc(C)c(C)c3)N(C)C2=O)cc1. The molecule has 0 radical (unpaired) electrons. The van der Waals surface area contributed by atoms with Gasteiger partial charge in [0.05, 0.1) is 12.3 Å². The van der Waals surface area contributed by atoms with Crippen molar-refractivity contribution >= 4 is 40.1 Å². The second kappa shape index (κ2) is 9.80. The molecule has 2 amide bonds. The van der Waals surface area contributed by atoms with E-state index in [1.165, 1.54) is 22.2 Å². The number of aryl methyl sites for hydroxylation is 2. The molecule has 0 unspecified atom stereocenters. The van der Waals surface area contributed by atoms with E-state index in [0.29, 0.717) is 17.5 Å². The minimum absolute atomic E-state index is 0.0911. The summed E-state index contributed by atoms with van der Waals surface area (Å²) in [6, 6.07) is 13.2. The van der Waals surface area contributed by atoms with Gasteiger partial charge in [-0.2, -0.15) is 0 Å². The molecule has 30 heavy (non-hydrogen) atoms. The number of nitrogens with one attached hydrogen (secondary N) is 1. The summed E-state index contributed by atoms with van der Waals surface area (Å²) < 4.78 is 5.54. The van der Waals surface area contributed by atoms with E-state index in [1.54, 1.807) is 19.2 Å². The number of rotatable bonds is 7. The largest absolute Gasteiger partial charge is 0.494 e. The van der Waals surface area contributed by atoms with Gasteiger partial charge in [-0.3, -0.25) is 14.5 Å². The second-order valence-electron chi connectivity index (χ2n) is 7.29. The van der Waals surface area contributed by atoms with E-state index in [1.807, 2.05) is 51.1 Å². The van der Waals surface area contributed by atoms with Gasteiger partial charge in [0, 0.05) is 19.2 Å². The van der Waals surface area contributed by atoms with Crippen LogP contribution in [-0.2, 0) is 9.59 Å². The Labute approximate surface area is 181 Å². The fourth-order valence-electron chi connectivity index (χ4n) is 2.94. The Kier molecular flexibility index (Phi) is 7.15. The van der Waals surface area contributed by atoms with Crippen LogP contribution in [-0.4, -0.2) is 40.8 Å². The molecule has 2 aromatic carbocycles. The molecule has 1 atom stereocenters. The van der Waals surface area contributed by atoms with E-state index in [4.69, 9.17) is 4.74 Å². The predicted octanol–water partition coefficient (Wildman–Crippen LogP) is 4.68. The molecule has 0 bridgehead atoms. The molecule has 0 spiro atoms. The van der Waals surface area contributed by atoms with Crippen molar-refractivity contribution in [1.29, 1.82) is 0 Å². The average Bonchev–Trinajstić information content (AvgIpc) is 2.98. The number of thioether (sulfide) groups is 1. The van der Waals surface area contributed by atoms with E-state index in [9.17, 15) is 9.59 Å². The third-order valence-electron chi connectivity index (χ3n) is 4.84. The van der Waals surface area contributed by atoms with E-state index < -0.39 is 5.25 Å². The Morgan fingerprint density at radius 2 is 1.90 bits per heavy atom. The van der Waals surface area contributed by atoms with Crippen molar-refractivity contribution < 1.29 is 14.3 Å². The lowest BCUT2D eigenvalue weighted by Gasteiger charge is -2.10. The summed E-state index contributed by atoms with van der Waals surface area (Å²) in [4.78, 5) is 31.2. The van der Waals surface area contributed by atoms with Crippen LogP contribution in [0.5, 0.6) is 5.75 Å². The third-order valence-corrected chi connectivity index (χ3v) is 6.07. The van der Waals surface area contributed by atoms with Crippen molar-refractivity contribution in [3.05, 3.63) is 53.6 Å². The van der Waals surface area contributed by atoms with Crippen LogP contribution in [0, 0.1) is 13.8 Å². The lowest BCUT2D eigenvalue weighted by Crippen LogP contribution is -2.30. The Hall–Kier alpha value is -2.80. The lowest BCUT2D eigenvalue weighted by atomic mass is 10.1. The topological polar surface area (TPSA) is 71.0 Å². The average molecular weight is 426 g/mol. The van der Waals surface area contributed by atoms with E-state index in [-0.39, 0.29) is 18.2 Å². The van der Waals surface area contributed by atoms with Gasteiger partial charge in [0.1, 0.15) is 11.0 Å². The molecule has 0 aliphatic carbocycles. The minimum atomic E-state index is -0.479. The molecule has 0 saturated carbocycles. The van der Waals surface area contributed by atoms with Crippen molar-refractivity contribution in [1.82, 2.24) is 4.90 Å². The molecule has 6 nitrogen and oxygen atoms in total. The first-order valence-electron chi connectivity index (χ1n) is 10.00. The van der Waals surface area contributed by atoms with Crippen molar-refractivity contribution in [3.63, 3.8) is 0 Å². The first-order valence-corrected chi connectivity index (χ1v) is 10.9. The van der Waals surface area contributed by atoms with Crippen molar-refractivity contribution in [2.45, 2.75) is 38.9 Å². The van der Waals surface area contributed by atoms with Crippen LogP contribution in [0.1, 0.15) is 30.9 Å². The van der Waals surface area contributed by atoms with Crippen LogP contribution in [0.3, 0.4) is 0 Å². The van der Waals surface area contributed by atoms with Gasteiger partial charge in [-0.25, -0.2) is 4.99 Å². The van der Waals surface area contributed by atoms with Gasteiger partial charge in [0.25, 0.3) is 0 Å². The maximum absolute atomic E-state index is 12.6. The van der Waals surface area contributed by atoms with E-state index in [0.717, 1.165) is 23.4 Å². The number of amides is 2.